The lowest BCUT2D eigenvalue weighted by atomic mass is 10.0. The summed E-state index contributed by atoms with van der Waals surface area (Å²) in [4.78, 5) is 0. The minimum absolute atomic E-state index is 0.563. The predicted octanol–water partition coefficient (Wildman–Crippen LogP) is 7.77. The van der Waals surface area contributed by atoms with Crippen molar-refractivity contribution in [2.24, 2.45) is 0 Å². The van der Waals surface area contributed by atoms with E-state index in [0.29, 0.717) is 34.4 Å². The summed E-state index contributed by atoms with van der Waals surface area (Å²) in [7, 11) is 0. The van der Waals surface area contributed by atoms with Crippen molar-refractivity contribution >= 4 is 11.4 Å². The van der Waals surface area contributed by atoms with Crippen LogP contribution in [0.15, 0.2) is 121 Å². The summed E-state index contributed by atoms with van der Waals surface area (Å²) in [5.74, 6) is 2.42. The van der Waals surface area contributed by atoms with Gasteiger partial charge in [0.15, 0.2) is 0 Å². The van der Waals surface area contributed by atoms with Gasteiger partial charge in [0, 0.05) is 6.07 Å². The van der Waals surface area contributed by atoms with Gasteiger partial charge in [-0.05, 0) is 58.7 Å². The van der Waals surface area contributed by atoms with Gasteiger partial charge in [-0.15, -0.1) is 0 Å². The molecule has 0 aliphatic carbocycles. The third kappa shape index (κ3) is 4.71. The summed E-state index contributed by atoms with van der Waals surface area (Å²) in [6.45, 7) is 0. The van der Waals surface area contributed by atoms with Crippen LogP contribution in [-0.2, 0) is 0 Å². The number of rotatable bonds is 6. The number of nitrogen functional groups attached to an aromatic ring is 2. The largest absolute Gasteiger partial charge is 0.455 e. The predicted molar refractivity (Wildman–Crippen MR) is 139 cm³/mol. The van der Waals surface area contributed by atoms with Gasteiger partial charge in [0.25, 0.3) is 0 Å². The van der Waals surface area contributed by atoms with Gasteiger partial charge in [-0.1, -0.05) is 78.9 Å². The zero-order chi connectivity index (χ0) is 23.3. The molecule has 0 radical (unpaired) electrons. The molecule has 0 unspecified atom stereocenters. The van der Waals surface area contributed by atoms with Crippen LogP contribution in [0, 0.1) is 0 Å². The minimum atomic E-state index is 0.563. The molecule has 4 heteroatoms. The van der Waals surface area contributed by atoms with Gasteiger partial charge < -0.3 is 20.9 Å². The van der Waals surface area contributed by atoms with E-state index in [1.807, 2.05) is 121 Å². The lowest BCUT2D eigenvalue weighted by Crippen LogP contribution is -1.95. The maximum absolute atomic E-state index is 6.28. The SMILES string of the molecule is Nc1cc(-c2ccccc2)ccc1Oc1cccc(Oc2ccc(-c3ccccc3)cc2N)c1. The normalized spacial score (nSPS) is 10.6. The lowest BCUT2D eigenvalue weighted by molar-refractivity contribution is 0.462. The number of benzene rings is 5. The molecular formula is C30H24N2O2. The lowest BCUT2D eigenvalue weighted by Gasteiger charge is -2.13. The van der Waals surface area contributed by atoms with Crippen molar-refractivity contribution in [1.82, 2.24) is 0 Å². The summed E-state index contributed by atoms with van der Waals surface area (Å²) in [5, 5.41) is 0. The molecule has 34 heavy (non-hydrogen) atoms. The van der Waals surface area contributed by atoms with Gasteiger partial charge in [-0.2, -0.15) is 0 Å². The molecule has 0 saturated carbocycles. The second kappa shape index (κ2) is 9.43. The molecule has 5 aromatic carbocycles. The molecule has 166 valence electrons. The first-order valence-electron chi connectivity index (χ1n) is 11.0. The van der Waals surface area contributed by atoms with Crippen LogP contribution in [0.4, 0.5) is 11.4 Å². The zero-order valence-electron chi connectivity index (χ0n) is 18.5. The quantitative estimate of drug-likeness (QED) is 0.262. The smallest absolute Gasteiger partial charge is 0.150 e. The van der Waals surface area contributed by atoms with Crippen LogP contribution in [0.2, 0.25) is 0 Å². The number of hydrogen-bond donors (Lipinski definition) is 2. The maximum atomic E-state index is 6.28. The molecule has 0 bridgehead atoms. The Morgan fingerprint density at radius 1 is 0.382 bits per heavy atom. The summed E-state index contributed by atoms with van der Waals surface area (Å²) < 4.78 is 12.1. The first-order chi connectivity index (χ1) is 16.7. The molecule has 5 aromatic rings. The van der Waals surface area contributed by atoms with Crippen molar-refractivity contribution in [3.05, 3.63) is 121 Å². The van der Waals surface area contributed by atoms with E-state index in [0.717, 1.165) is 22.3 Å². The number of ether oxygens (including phenoxy) is 2. The van der Waals surface area contributed by atoms with Gasteiger partial charge in [0.2, 0.25) is 0 Å². The standard InChI is InChI=1S/C30H24N2O2/c31-27-18-23(21-8-3-1-4-9-21)14-16-29(27)33-25-12-7-13-26(20-25)34-30-17-15-24(19-28(30)32)22-10-5-2-6-11-22/h1-20H,31-32H2. The van der Waals surface area contributed by atoms with E-state index in [-0.39, 0.29) is 0 Å². The molecule has 0 aliphatic rings. The van der Waals surface area contributed by atoms with Crippen molar-refractivity contribution in [1.29, 1.82) is 0 Å². The van der Waals surface area contributed by atoms with Crippen molar-refractivity contribution in [2.75, 3.05) is 11.5 Å². The number of hydrogen-bond acceptors (Lipinski definition) is 4. The summed E-state index contributed by atoms with van der Waals surface area (Å²) in [5.41, 5.74) is 18.0. The summed E-state index contributed by atoms with van der Waals surface area (Å²) in [6.07, 6.45) is 0. The average molecular weight is 445 g/mol. The Hall–Kier alpha value is -4.70. The third-order valence-electron chi connectivity index (χ3n) is 5.49. The Balaban J connectivity index is 1.32. The minimum Gasteiger partial charge on any atom is -0.455 e. The van der Waals surface area contributed by atoms with Crippen LogP contribution in [0.3, 0.4) is 0 Å². The fourth-order valence-electron chi connectivity index (χ4n) is 3.76. The highest BCUT2D eigenvalue weighted by molar-refractivity contribution is 5.72. The van der Waals surface area contributed by atoms with Crippen LogP contribution in [0.5, 0.6) is 23.0 Å². The topological polar surface area (TPSA) is 70.5 Å². The van der Waals surface area contributed by atoms with Gasteiger partial charge in [-0.25, -0.2) is 0 Å². The number of anilines is 2. The van der Waals surface area contributed by atoms with Crippen LogP contribution in [0.25, 0.3) is 22.3 Å². The van der Waals surface area contributed by atoms with E-state index in [1.54, 1.807) is 0 Å². The zero-order valence-corrected chi connectivity index (χ0v) is 18.5. The molecule has 0 amide bonds. The van der Waals surface area contributed by atoms with E-state index in [4.69, 9.17) is 20.9 Å². The van der Waals surface area contributed by atoms with Crippen molar-refractivity contribution in [3.63, 3.8) is 0 Å². The Morgan fingerprint density at radius 3 is 1.24 bits per heavy atom. The van der Waals surface area contributed by atoms with Crippen molar-refractivity contribution in [3.8, 4) is 45.3 Å². The Labute approximate surface area is 199 Å². The molecule has 0 saturated heterocycles. The second-order valence-corrected chi connectivity index (χ2v) is 7.92. The van der Waals surface area contributed by atoms with Gasteiger partial charge in [0.1, 0.15) is 23.0 Å². The highest BCUT2D eigenvalue weighted by atomic mass is 16.5. The Kier molecular flexibility index (Phi) is 5.87. The molecule has 4 nitrogen and oxygen atoms in total. The van der Waals surface area contributed by atoms with E-state index >= 15 is 0 Å². The van der Waals surface area contributed by atoms with E-state index in [2.05, 4.69) is 0 Å². The van der Waals surface area contributed by atoms with Gasteiger partial charge in [-0.3, -0.25) is 0 Å². The summed E-state index contributed by atoms with van der Waals surface area (Å²) in [6, 6.07) is 39.2. The maximum Gasteiger partial charge on any atom is 0.150 e. The first kappa shape index (κ1) is 21.2. The molecule has 0 spiro atoms. The highest BCUT2D eigenvalue weighted by Crippen LogP contribution is 2.35. The molecule has 5 rings (SSSR count). The van der Waals surface area contributed by atoms with E-state index < -0.39 is 0 Å². The van der Waals surface area contributed by atoms with Crippen LogP contribution >= 0.6 is 0 Å². The molecule has 0 aliphatic heterocycles. The van der Waals surface area contributed by atoms with Crippen LogP contribution in [-0.4, -0.2) is 0 Å². The third-order valence-corrected chi connectivity index (χ3v) is 5.49. The number of nitrogens with two attached hydrogens (primary N) is 2. The first-order valence-corrected chi connectivity index (χ1v) is 11.0. The summed E-state index contributed by atoms with van der Waals surface area (Å²) >= 11 is 0. The van der Waals surface area contributed by atoms with Gasteiger partial charge in [0.05, 0.1) is 11.4 Å². The molecular weight excluding hydrogens is 420 g/mol. The second-order valence-electron chi connectivity index (χ2n) is 7.92. The fourth-order valence-corrected chi connectivity index (χ4v) is 3.76. The Morgan fingerprint density at radius 2 is 0.824 bits per heavy atom. The molecule has 0 aromatic heterocycles. The van der Waals surface area contributed by atoms with Crippen LogP contribution in [0.1, 0.15) is 0 Å². The van der Waals surface area contributed by atoms with Crippen LogP contribution < -0.4 is 20.9 Å². The Bertz CT molecular complexity index is 1310. The molecule has 0 fully saturated rings. The van der Waals surface area contributed by atoms with Gasteiger partial charge >= 0.3 is 0 Å². The van der Waals surface area contributed by atoms with E-state index in [1.165, 1.54) is 0 Å². The average Bonchev–Trinajstić information content (AvgIpc) is 2.88. The molecule has 4 N–H and O–H groups in total. The fraction of sp³-hybridized carbons (Fsp3) is 0. The van der Waals surface area contributed by atoms with E-state index in [9.17, 15) is 0 Å². The molecule has 0 atom stereocenters. The van der Waals surface area contributed by atoms with Crippen molar-refractivity contribution in [2.45, 2.75) is 0 Å². The highest BCUT2D eigenvalue weighted by Gasteiger charge is 2.09. The van der Waals surface area contributed by atoms with Crippen molar-refractivity contribution < 1.29 is 9.47 Å². The molecule has 0 heterocycles. The monoisotopic (exact) mass is 444 g/mol.